The first-order valence-electron chi connectivity index (χ1n) is 8.97. The van der Waals surface area contributed by atoms with Gasteiger partial charge in [-0.3, -0.25) is 0 Å². The third-order valence-corrected chi connectivity index (χ3v) is 9.93. The second kappa shape index (κ2) is 6.89. The van der Waals surface area contributed by atoms with Crippen LogP contribution in [-0.2, 0) is 9.16 Å². The molecular formula is C21H27NO3Si. The maximum Gasteiger partial charge on any atom is 0.407 e. The molecule has 0 saturated carbocycles. The van der Waals surface area contributed by atoms with Gasteiger partial charge in [-0.15, -0.1) is 0 Å². The predicted octanol–water partition coefficient (Wildman–Crippen LogP) is 3.06. The maximum absolute atomic E-state index is 11.5. The minimum absolute atomic E-state index is 0.0878. The molecule has 1 aliphatic heterocycles. The van der Waals surface area contributed by atoms with E-state index >= 15 is 0 Å². The Bertz CT molecular complexity index is 718. The Hall–Kier alpha value is -2.11. The summed E-state index contributed by atoms with van der Waals surface area (Å²) in [4.78, 5) is 11.5. The van der Waals surface area contributed by atoms with Crippen molar-refractivity contribution in [1.29, 1.82) is 0 Å². The third-order valence-electron chi connectivity index (χ3n) is 4.95. The molecule has 2 aromatic carbocycles. The van der Waals surface area contributed by atoms with Crippen molar-refractivity contribution in [3.63, 3.8) is 0 Å². The maximum atomic E-state index is 11.5. The topological polar surface area (TPSA) is 47.6 Å². The van der Waals surface area contributed by atoms with Crippen LogP contribution in [0, 0.1) is 0 Å². The van der Waals surface area contributed by atoms with Gasteiger partial charge in [0.15, 0.2) is 0 Å². The lowest BCUT2D eigenvalue weighted by Crippen LogP contribution is -2.68. The zero-order valence-corrected chi connectivity index (χ0v) is 16.9. The summed E-state index contributed by atoms with van der Waals surface area (Å²) in [5.74, 6) is 0. The average molecular weight is 370 g/mol. The first-order chi connectivity index (χ1) is 12.3. The van der Waals surface area contributed by atoms with Crippen molar-refractivity contribution in [3.8, 4) is 0 Å². The van der Waals surface area contributed by atoms with Crippen LogP contribution >= 0.6 is 0 Å². The summed E-state index contributed by atoms with van der Waals surface area (Å²) in [5.41, 5.74) is -0.510. The highest BCUT2D eigenvalue weighted by atomic mass is 28.4. The van der Waals surface area contributed by atoms with Crippen molar-refractivity contribution >= 4 is 24.8 Å². The normalized spacial score (nSPS) is 20.5. The molecule has 4 nitrogen and oxygen atoms in total. The van der Waals surface area contributed by atoms with Crippen LogP contribution in [0.3, 0.4) is 0 Å². The van der Waals surface area contributed by atoms with Crippen LogP contribution in [0.25, 0.3) is 0 Å². The fraction of sp³-hybridized carbons (Fsp3) is 0.381. The highest BCUT2D eigenvalue weighted by molar-refractivity contribution is 6.99. The van der Waals surface area contributed by atoms with Gasteiger partial charge < -0.3 is 14.5 Å². The molecule has 2 aromatic rings. The largest absolute Gasteiger partial charge is 0.447 e. The molecule has 0 radical (unpaired) electrons. The number of benzene rings is 2. The van der Waals surface area contributed by atoms with E-state index in [9.17, 15) is 4.79 Å². The highest BCUT2D eigenvalue weighted by Crippen LogP contribution is 2.37. The van der Waals surface area contributed by atoms with Crippen molar-refractivity contribution in [2.75, 3.05) is 13.2 Å². The summed E-state index contributed by atoms with van der Waals surface area (Å²) in [6, 6.07) is 21.0. The highest BCUT2D eigenvalue weighted by Gasteiger charge is 2.51. The summed E-state index contributed by atoms with van der Waals surface area (Å²) >= 11 is 0. The van der Waals surface area contributed by atoms with E-state index in [-0.39, 0.29) is 11.1 Å². The molecule has 5 heteroatoms. The van der Waals surface area contributed by atoms with Gasteiger partial charge in [0.05, 0.1) is 12.1 Å². The Labute approximate surface area is 156 Å². The summed E-state index contributed by atoms with van der Waals surface area (Å²) in [5, 5.41) is 5.26. The second-order valence-electron chi connectivity index (χ2n) is 8.21. The van der Waals surface area contributed by atoms with Gasteiger partial charge in [-0.1, -0.05) is 81.4 Å². The minimum atomic E-state index is -2.59. The van der Waals surface area contributed by atoms with E-state index in [4.69, 9.17) is 9.16 Å². The molecule has 1 N–H and O–H groups in total. The lowest BCUT2D eigenvalue weighted by atomic mass is 10.1. The Morgan fingerprint density at radius 2 is 1.54 bits per heavy atom. The predicted molar refractivity (Wildman–Crippen MR) is 106 cm³/mol. The molecule has 1 saturated heterocycles. The number of carbonyl (C=O) groups is 1. The Morgan fingerprint density at radius 1 is 1.04 bits per heavy atom. The molecule has 1 atom stereocenters. The zero-order chi connectivity index (χ0) is 18.8. The SMILES string of the molecule is CC1(CO[Si](c2ccccc2)(c2ccccc2)C(C)(C)C)COC(=O)N1. The standard InChI is InChI=1S/C21H27NO3Si/c1-20(2,3)26(17-11-7-5-8-12-17,18-13-9-6-10-14-18)25-16-21(4)15-24-19(23)22-21/h5-14H,15-16H2,1-4H3,(H,22,23). The van der Waals surface area contributed by atoms with E-state index in [0.717, 1.165) is 0 Å². The van der Waals surface area contributed by atoms with Crippen LogP contribution in [0.15, 0.2) is 60.7 Å². The minimum Gasteiger partial charge on any atom is -0.447 e. The third kappa shape index (κ3) is 3.41. The Balaban J connectivity index is 2.07. The van der Waals surface area contributed by atoms with E-state index < -0.39 is 13.9 Å². The molecule has 1 heterocycles. The monoisotopic (exact) mass is 369 g/mol. The molecule has 0 bridgehead atoms. The smallest absolute Gasteiger partial charge is 0.407 e. The van der Waals surface area contributed by atoms with Crippen LogP contribution in [0.1, 0.15) is 27.7 Å². The quantitative estimate of drug-likeness (QED) is 0.824. The first-order valence-corrected chi connectivity index (χ1v) is 10.9. The van der Waals surface area contributed by atoms with Crippen molar-refractivity contribution in [1.82, 2.24) is 5.32 Å². The number of hydrogen-bond donors (Lipinski definition) is 1. The van der Waals surface area contributed by atoms with E-state index in [2.05, 4.69) is 74.6 Å². The van der Waals surface area contributed by atoms with Crippen LogP contribution in [0.4, 0.5) is 4.79 Å². The fourth-order valence-electron chi connectivity index (χ4n) is 3.65. The van der Waals surface area contributed by atoms with Crippen LogP contribution in [0.5, 0.6) is 0 Å². The van der Waals surface area contributed by atoms with Crippen LogP contribution < -0.4 is 15.7 Å². The van der Waals surface area contributed by atoms with Crippen molar-refractivity contribution in [2.45, 2.75) is 38.3 Å². The molecule has 1 unspecified atom stereocenters. The zero-order valence-electron chi connectivity index (χ0n) is 15.9. The number of hydrogen-bond acceptors (Lipinski definition) is 3. The molecule has 1 amide bonds. The van der Waals surface area contributed by atoms with Gasteiger partial charge in [0.2, 0.25) is 0 Å². The number of ether oxygens (including phenoxy) is 1. The lowest BCUT2D eigenvalue weighted by Gasteiger charge is -2.44. The molecule has 138 valence electrons. The number of carbonyl (C=O) groups excluding carboxylic acids is 1. The molecule has 1 aliphatic rings. The molecule has 1 fully saturated rings. The van der Waals surface area contributed by atoms with E-state index in [1.54, 1.807) is 0 Å². The van der Waals surface area contributed by atoms with E-state index in [1.807, 2.05) is 19.1 Å². The molecule has 0 aliphatic carbocycles. The summed E-state index contributed by atoms with van der Waals surface area (Å²) in [6.45, 7) is 9.42. The average Bonchev–Trinajstić information content (AvgIpc) is 2.95. The summed E-state index contributed by atoms with van der Waals surface area (Å²) in [6.07, 6.45) is -0.376. The van der Waals surface area contributed by atoms with Gasteiger partial charge >= 0.3 is 6.09 Å². The lowest BCUT2D eigenvalue weighted by molar-refractivity contribution is 0.157. The molecular weight excluding hydrogens is 342 g/mol. The fourth-order valence-corrected chi connectivity index (χ4v) is 8.34. The first kappa shape index (κ1) is 18.7. The number of amides is 1. The van der Waals surface area contributed by atoms with Gasteiger partial charge in [-0.05, 0) is 22.3 Å². The van der Waals surface area contributed by atoms with Crippen molar-refractivity contribution < 1.29 is 14.0 Å². The molecule has 3 rings (SSSR count). The van der Waals surface area contributed by atoms with Crippen molar-refractivity contribution in [3.05, 3.63) is 60.7 Å². The number of cyclic esters (lactones) is 1. The van der Waals surface area contributed by atoms with Gasteiger partial charge in [0.25, 0.3) is 8.32 Å². The van der Waals surface area contributed by atoms with Crippen LogP contribution in [0.2, 0.25) is 5.04 Å². The van der Waals surface area contributed by atoms with Gasteiger partial charge in [0.1, 0.15) is 6.61 Å². The number of alkyl carbamates (subject to hydrolysis) is 1. The Kier molecular flexibility index (Phi) is 4.95. The molecule has 26 heavy (non-hydrogen) atoms. The van der Waals surface area contributed by atoms with Gasteiger partial charge in [-0.25, -0.2) is 4.79 Å². The number of nitrogens with one attached hydrogen (secondary N) is 1. The molecule has 0 aromatic heterocycles. The number of rotatable bonds is 5. The van der Waals surface area contributed by atoms with Gasteiger partial charge in [-0.2, -0.15) is 0 Å². The summed E-state index contributed by atoms with van der Waals surface area (Å²) in [7, 11) is -2.59. The van der Waals surface area contributed by atoms with E-state index in [0.29, 0.717) is 13.2 Å². The second-order valence-corrected chi connectivity index (χ2v) is 12.5. The van der Waals surface area contributed by atoms with Crippen LogP contribution in [-0.4, -0.2) is 33.2 Å². The molecule has 0 spiro atoms. The van der Waals surface area contributed by atoms with Crippen molar-refractivity contribution in [2.24, 2.45) is 0 Å². The van der Waals surface area contributed by atoms with Gasteiger partial charge in [0, 0.05) is 0 Å². The Morgan fingerprint density at radius 3 is 1.92 bits per heavy atom. The summed E-state index contributed by atoms with van der Waals surface area (Å²) < 4.78 is 12.0. The van der Waals surface area contributed by atoms with E-state index in [1.165, 1.54) is 10.4 Å².